The van der Waals surface area contributed by atoms with E-state index in [1.54, 1.807) is 37.6 Å². The number of amides is 1. The average Bonchev–Trinajstić information content (AvgIpc) is 3.63. The minimum atomic E-state index is -0.254. The molecule has 2 aliphatic rings. The molecule has 6 rings (SSSR count). The number of fused-ring (bicyclic) bond motifs is 4. The fourth-order valence-electron chi connectivity index (χ4n) is 5.11. The number of hydrogen-bond acceptors (Lipinski definition) is 7. The molecule has 1 unspecified atom stereocenters. The van der Waals surface area contributed by atoms with Crippen LogP contribution in [0.3, 0.4) is 0 Å². The van der Waals surface area contributed by atoms with Crippen molar-refractivity contribution in [1.29, 1.82) is 0 Å². The molecule has 1 N–H and O–H groups in total. The Morgan fingerprint density at radius 1 is 1.20 bits per heavy atom. The molecule has 0 aliphatic carbocycles. The third-order valence-corrected chi connectivity index (χ3v) is 6.85. The van der Waals surface area contributed by atoms with Crippen molar-refractivity contribution in [2.75, 3.05) is 38.9 Å². The van der Waals surface area contributed by atoms with Crippen molar-refractivity contribution in [1.82, 2.24) is 19.4 Å². The number of ether oxygens (including phenoxy) is 3. The van der Waals surface area contributed by atoms with Gasteiger partial charge in [0.1, 0.15) is 11.3 Å². The SMILES string of the molecule is COCc1cc2c(cc1C(=O)N1CCc3cc(OC)ncc31)[nH]c(=O)c1cnc(C3CCOC3)n12. The van der Waals surface area contributed by atoms with E-state index in [9.17, 15) is 9.59 Å². The number of pyridine rings is 1. The van der Waals surface area contributed by atoms with Gasteiger partial charge in [0.05, 0.1) is 49.4 Å². The Balaban J connectivity index is 1.50. The Hall–Kier alpha value is -3.76. The molecule has 35 heavy (non-hydrogen) atoms. The number of nitrogens with one attached hydrogen (secondary N) is 1. The summed E-state index contributed by atoms with van der Waals surface area (Å²) in [6.07, 6.45) is 4.83. The molecule has 5 heterocycles. The largest absolute Gasteiger partial charge is 0.481 e. The van der Waals surface area contributed by atoms with E-state index in [0.29, 0.717) is 48.7 Å². The lowest BCUT2D eigenvalue weighted by atomic mass is 10.0. The van der Waals surface area contributed by atoms with Crippen LogP contribution in [0.2, 0.25) is 0 Å². The summed E-state index contributed by atoms with van der Waals surface area (Å²) < 4.78 is 18.1. The Labute approximate surface area is 200 Å². The van der Waals surface area contributed by atoms with Gasteiger partial charge in [-0.2, -0.15) is 0 Å². The summed E-state index contributed by atoms with van der Waals surface area (Å²) in [5.41, 5.74) is 4.54. The zero-order chi connectivity index (χ0) is 24.1. The van der Waals surface area contributed by atoms with E-state index in [0.717, 1.165) is 34.6 Å². The minimum Gasteiger partial charge on any atom is -0.481 e. The third-order valence-electron chi connectivity index (χ3n) is 6.85. The molecule has 1 atom stereocenters. The Bertz CT molecular complexity index is 1520. The van der Waals surface area contributed by atoms with Gasteiger partial charge in [0.15, 0.2) is 0 Å². The highest BCUT2D eigenvalue weighted by molar-refractivity contribution is 6.09. The van der Waals surface area contributed by atoms with Gasteiger partial charge in [-0.15, -0.1) is 0 Å². The summed E-state index contributed by atoms with van der Waals surface area (Å²) in [7, 11) is 3.17. The number of rotatable bonds is 5. The van der Waals surface area contributed by atoms with Gasteiger partial charge in [-0.25, -0.2) is 9.97 Å². The normalized spacial score (nSPS) is 17.4. The van der Waals surface area contributed by atoms with Crippen LogP contribution in [0.1, 0.15) is 39.6 Å². The fraction of sp³-hybridized carbons (Fsp3) is 0.360. The van der Waals surface area contributed by atoms with Crippen molar-refractivity contribution in [3.63, 3.8) is 0 Å². The molecule has 2 aliphatic heterocycles. The van der Waals surface area contributed by atoms with Gasteiger partial charge in [-0.05, 0) is 36.1 Å². The first-order chi connectivity index (χ1) is 17.1. The first kappa shape index (κ1) is 21.8. The highest BCUT2D eigenvalue weighted by atomic mass is 16.5. The standard InChI is InChI=1S/C25H25N5O5/c1-33-12-16-7-19-18(28-24(31)21-11-27-23(30(19)21)15-4-6-35-13-15)9-17(16)25(32)29-5-3-14-8-22(34-2)26-10-20(14)29/h7-11,15H,3-6,12-13H2,1-2H3,(H,28,31). The molecule has 0 spiro atoms. The Morgan fingerprint density at radius 2 is 2.09 bits per heavy atom. The second-order valence-corrected chi connectivity index (χ2v) is 8.87. The van der Waals surface area contributed by atoms with E-state index < -0.39 is 0 Å². The number of aromatic amines is 1. The number of hydrogen-bond donors (Lipinski definition) is 1. The van der Waals surface area contributed by atoms with Crippen LogP contribution in [0.5, 0.6) is 5.88 Å². The molecule has 4 aromatic rings. The van der Waals surface area contributed by atoms with E-state index in [2.05, 4.69) is 15.0 Å². The van der Waals surface area contributed by atoms with Crippen LogP contribution in [0.25, 0.3) is 16.6 Å². The number of aromatic nitrogens is 4. The van der Waals surface area contributed by atoms with Crippen molar-refractivity contribution >= 4 is 28.1 Å². The summed E-state index contributed by atoms with van der Waals surface area (Å²) in [5.74, 6) is 1.26. The average molecular weight is 476 g/mol. The lowest BCUT2D eigenvalue weighted by molar-refractivity contribution is 0.0984. The summed E-state index contributed by atoms with van der Waals surface area (Å²) in [6.45, 7) is 2.03. The molecule has 3 aromatic heterocycles. The number of imidazole rings is 1. The summed E-state index contributed by atoms with van der Waals surface area (Å²) in [6, 6.07) is 5.52. The van der Waals surface area contributed by atoms with Crippen LogP contribution in [-0.2, 0) is 22.5 Å². The zero-order valence-electron chi connectivity index (χ0n) is 19.5. The minimum absolute atomic E-state index is 0.111. The molecule has 1 amide bonds. The van der Waals surface area contributed by atoms with Gasteiger partial charge >= 0.3 is 0 Å². The molecule has 1 fully saturated rings. The summed E-state index contributed by atoms with van der Waals surface area (Å²) in [5, 5.41) is 0. The Morgan fingerprint density at radius 3 is 2.86 bits per heavy atom. The predicted molar refractivity (Wildman–Crippen MR) is 128 cm³/mol. The second kappa shape index (κ2) is 8.47. The first-order valence-corrected chi connectivity index (χ1v) is 11.6. The van der Waals surface area contributed by atoms with E-state index in [-0.39, 0.29) is 24.0 Å². The number of carbonyl (C=O) groups is 1. The number of methoxy groups -OCH3 is 2. The van der Waals surface area contributed by atoms with Gasteiger partial charge in [0.2, 0.25) is 5.88 Å². The maximum absolute atomic E-state index is 13.8. The van der Waals surface area contributed by atoms with Crippen LogP contribution in [0, 0.1) is 0 Å². The summed E-state index contributed by atoms with van der Waals surface area (Å²) >= 11 is 0. The molecule has 1 aromatic carbocycles. The van der Waals surface area contributed by atoms with Crippen LogP contribution in [0.4, 0.5) is 5.69 Å². The van der Waals surface area contributed by atoms with Gasteiger partial charge in [-0.1, -0.05) is 0 Å². The molecule has 0 saturated carbocycles. The second-order valence-electron chi connectivity index (χ2n) is 8.87. The molecule has 10 heteroatoms. The monoisotopic (exact) mass is 475 g/mol. The van der Waals surface area contributed by atoms with E-state index >= 15 is 0 Å². The molecule has 0 bridgehead atoms. The van der Waals surface area contributed by atoms with Crippen molar-refractivity contribution in [2.24, 2.45) is 0 Å². The molecule has 180 valence electrons. The highest BCUT2D eigenvalue weighted by Crippen LogP contribution is 2.33. The van der Waals surface area contributed by atoms with Crippen molar-refractivity contribution in [3.05, 3.63) is 63.5 Å². The molecule has 10 nitrogen and oxygen atoms in total. The smallest absolute Gasteiger partial charge is 0.274 e. The molecule has 1 saturated heterocycles. The van der Waals surface area contributed by atoms with Crippen molar-refractivity contribution in [2.45, 2.75) is 25.4 Å². The van der Waals surface area contributed by atoms with Crippen LogP contribution in [0.15, 0.2) is 35.4 Å². The van der Waals surface area contributed by atoms with E-state index in [1.807, 2.05) is 16.5 Å². The lowest BCUT2D eigenvalue weighted by Crippen LogP contribution is -2.30. The van der Waals surface area contributed by atoms with Gasteiger partial charge < -0.3 is 24.1 Å². The molecule has 0 radical (unpaired) electrons. The third kappa shape index (κ3) is 3.48. The maximum atomic E-state index is 13.8. The van der Waals surface area contributed by atoms with Crippen molar-refractivity contribution in [3.8, 4) is 5.88 Å². The maximum Gasteiger partial charge on any atom is 0.274 e. The Kier molecular flexibility index (Phi) is 5.27. The van der Waals surface area contributed by atoms with Crippen molar-refractivity contribution < 1.29 is 19.0 Å². The lowest BCUT2D eigenvalue weighted by Gasteiger charge is -2.20. The highest BCUT2D eigenvalue weighted by Gasteiger charge is 2.29. The quantitative estimate of drug-likeness (QED) is 0.472. The molecular formula is C25H25N5O5. The van der Waals surface area contributed by atoms with E-state index in [1.165, 1.54) is 0 Å². The van der Waals surface area contributed by atoms with Crippen LogP contribution in [-0.4, -0.2) is 59.2 Å². The van der Waals surface area contributed by atoms with Gasteiger partial charge in [0.25, 0.3) is 11.5 Å². The number of benzene rings is 1. The van der Waals surface area contributed by atoms with Crippen LogP contribution < -0.4 is 15.2 Å². The van der Waals surface area contributed by atoms with Gasteiger partial charge in [0, 0.05) is 37.8 Å². The van der Waals surface area contributed by atoms with Gasteiger partial charge in [-0.3, -0.25) is 14.0 Å². The fourth-order valence-corrected chi connectivity index (χ4v) is 5.11. The number of carbonyl (C=O) groups excluding carboxylic acids is 1. The number of anilines is 1. The van der Waals surface area contributed by atoms with Crippen LogP contribution >= 0.6 is 0 Å². The zero-order valence-corrected chi connectivity index (χ0v) is 19.5. The first-order valence-electron chi connectivity index (χ1n) is 11.6. The summed E-state index contributed by atoms with van der Waals surface area (Å²) in [4.78, 5) is 40.2. The number of H-pyrrole nitrogens is 1. The van der Waals surface area contributed by atoms with E-state index in [4.69, 9.17) is 14.2 Å². The predicted octanol–water partition coefficient (Wildman–Crippen LogP) is 2.43. The number of nitrogens with zero attached hydrogens (tertiary/aromatic N) is 4. The molecular weight excluding hydrogens is 450 g/mol. The topological polar surface area (TPSA) is 111 Å².